The minimum absolute atomic E-state index is 0.232. The number of unbranched alkanes of at least 4 members (excludes halogenated alkanes) is 1. The summed E-state index contributed by atoms with van der Waals surface area (Å²) in [7, 11) is 0. The van der Waals surface area contributed by atoms with Crippen LogP contribution in [0.2, 0.25) is 0 Å². The van der Waals surface area contributed by atoms with Crippen molar-refractivity contribution in [2.75, 3.05) is 26.4 Å². The molecule has 0 radical (unpaired) electrons. The Morgan fingerprint density at radius 3 is 2.76 bits per heavy atom. The van der Waals surface area contributed by atoms with E-state index in [0.717, 1.165) is 39.1 Å². The predicted molar refractivity (Wildman–Crippen MR) is 69.2 cm³/mol. The van der Waals surface area contributed by atoms with E-state index in [2.05, 4.69) is 20.4 Å². The first-order chi connectivity index (χ1) is 8.25. The van der Waals surface area contributed by atoms with Crippen molar-refractivity contribution in [3.05, 3.63) is 12.7 Å². The summed E-state index contributed by atoms with van der Waals surface area (Å²) < 4.78 is 16.8. The lowest BCUT2D eigenvalue weighted by Gasteiger charge is -2.34. The molecule has 3 nitrogen and oxygen atoms in total. The summed E-state index contributed by atoms with van der Waals surface area (Å²) in [5.74, 6) is 0.607. The van der Waals surface area contributed by atoms with Gasteiger partial charge in [-0.3, -0.25) is 0 Å². The molecule has 0 aliphatic carbocycles. The van der Waals surface area contributed by atoms with Crippen molar-refractivity contribution in [3.8, 4) is 0 Å². The highest BCUT2D eigenvalue weighted by molar-refractivity contribution is 4.77. The molecule has 0 amide bonds. The maximum absolute atomic E-state index is 5.91. The van der Waals surface area contributed by atoms with Crippen molar-refractivity contribution in [3.63, 3.8) is 0 Å². The van der Waals surface area contributed by atoms with E-state index in [4.69, 9.17) is 14.2 Å². The van der Waals surface area contributed by atoms with Gasteiger partial charge in [0.15, 0.2) is 0 Å². The van der Waals surface area contributed by atoms with Crippen LogP contribution in [0.5, 0.6) is 0 Å². The summed E-state index contributed by atoms with van der Waals surface area (Å²) in [5.41, 5.74) is 0. The Balaban J connectivity index is 2.02. The largest absolute Gasteiger partial charge is 0.377 e. The second kappa shape index (κ2) is 8.67. The third kappa shape index (κ3) is 5.66. The maximum atomic E-state index is 5.91. The van der Waals surface area contributed by atoms with Crippen LogP contribution in [0.1, 0.15) is 33.1 Å². The van der Waals surface area contributed by atoms with E-state index in [1.165, 1.54) is 0 Å². The molecule has 0 aromatic carbocycles. The second-order valence-electron chi connectivity index (χ2n) is 4.75. The van der Waals surface area contributed by atoms with Crippen LogP contribution in [-0.4, -0.2) is 38.6 Å². The van der Waals surface area contributed by atoms with Crippen LogP contribution >= 0.6 is 0 Å². The standard InChI is InChI=1S/C14H26O3/c1-4-8-15-9-5-6-10-17-14-12(2)7-11-16-13(14)3/h4,12-14H,1,5-11H2,2-3H3/t12-,13-,14+/m0/s1. The molecule has 1 fully saturated rings. The summed E-state index contributed by atoms with van der Waals surface area (Å²) in [6, 6.07) is 0. The zero-order valence-corrected chi connectivity index (χ0v) is 11.2. The molecule has 0 saturated carbocycles. The van der Waals surface area contributed by atoms with E-state index in [0.29, 0.717) is 12.5 Å². The van der Waals surface area contributed by atoms with Gasteiger partial charge in [0.25, 0.3) is 0 Å². The topological polar surface area (TPSA) is 27.7 Å². The summed E-state index contributed by atoms with van der Waals surface area (Å²) in [4.78, 5) is 0. The smallest absolute Gasteiger partial charge is 0.0860 e. The van der Waals surface area contributed by atoms with E-state index in [1.54, 1.807) is 6.08 Å². The predicted octanol–water partition coefficient (Wildman–Crippen LogP) is 2.80. The van der Waals surface area contributed by atoms with Crippen LogP contribution in [0.3, 0.4) is 0 Å². The van der Waals surface area contributed by atoms with E-state index in [9.17, 15) is 0 Å². The molecule has 1 rings (SSSR count). The molecule has 1 heterocycles. The van der Waals surface area contributed by atoms with Crippen LogP contribution in [-0.2, 0) is 14.2 Å². The van der Waals surface area contributed by atoms with Gasteiger partial charge < -0.3 is 14.2 Å². The van der Waals surface area contributed by atoms with Crippen molar-refractivity contribution in [2.45, 2.75) is 45.3 Å². The van der Waals surface area contributed by atoms with Crippen LogP contribution in [0.15, 0.2) is 12.7 Å². The average Bonchev–Trinajstić information content (AvgIpc) is 2.31. The van der Waals surface area contributed by atoms with Crippen molar-refractivity contribution < 1.29 is 14.2 Å². The molecule has 0 N–H and O–H groups in total. The lowest BCUT2D eigenvalue weighted by Crippen LogP contribution is -2.40. The van der Waals surface area contributed by atoms with Crippen molar-refractivity contribution in [1.29, 1.82) is 0 Å². The highest BCUT2D eigenvalue weighted by Gasteiger charge is 2.28. The lowest BCUT2D eigenvalue weighted by atomic mass is 9.95. The fourth-order valence-corrected chi connectivity index (χ4v) is 2.15. The fraction of sp³-hybridized carbons (Fsp3) is 0.857. The Bertz CT molecular complexity index is 196. The number of hydrogen-bond acceptors (Lipinski definition) is 3. The number of hydrogen-bond donors (Lipinski definition) is 0. The first-order valence-electron chi connectivity index (χ1n) is 6.67. The first kappa shape index (κ1) is 14.7. The molecule has 3 heteroatoms. The Labute approximate surface area is 105 Å². The van der Waals surface area contributed by atoms with Crippen LogP contribution < -0.4 is 0 Å². The SMILES string of the molecule is C=CCOCCCCO[C@H]1[C@H](C)OCC[C@@H]1C. The van der Waals surface area contributed by atoms with Gasteiger partial charge in [0.1, 0.15) is 0 Å². The molecule has 0 aromatic rings. The molecule has 17 heavy (non-hydrogen) atoms. The number of ether oxygens (including phenoxy) is 3. The van der Waals surface area contributed by atoms with Gasteiger partial charge in [0.05, 0.1) is 18.8 Å². The Morgan fingerprint density at radius 2 is 2.06 bits per heavy atom. The molecule has 0 spiro atoms. The van der Waals surface area contributed by atoms with Crippen molar-refractivity contribution >= 4 is 0 Å². The molecule has 100 valence electrons. The Kier molecular flexibility index (Phi) is 7.49. The lowest BCUT2D eigenvalue weighted by molar-refractivity contribution is -0.123. The molecule has 3 atom stereocenters. The summed E-state index contributed by atoms with van der Waals surface area (Å²) in [6.45, 7) is 11.1. The van der Waals surface area contributed by atoms with Gasteiger partial charge in [0, 0.05) is 19.8 Å². The second-order valence-corrected chi connectivity index (χ2v) is 4.75. The highest BCUT2D eigenvalue weighted by atomic mass is 16.5. The minimum Gasteiger partial charge on any atom is -0.377 e. The quantitative estimate of drug-likeness (QED) is 0.484. The minimum atomic E-state index is 0.232. The van der Waals surface area contributed by atoms with Crippen molar-refractivity contribution in [2.24, 2.45) is 5.92 Å². The van der Waals surface area contributed by atoms with Gasteiger partial charge >= 0.3 is 0 Å². The van der Waals surface area contributed by atoms with Crippen LogP contribution in [0, 0.1) is 5.92 Å². The fourth-order valence-electron chi connectivity index (χ4n) is 2.15. The van der Waals surface area contributed by atoms with E-state index < -0.39 is 0 Å². The molecule has 0 aromatic heterocycles. The number of rotatable bonds is 8. The highest BCUT2D eigenvalue weighted by Crippen LogP contribution is 2.23. The zero-order valence-electron chi connectivity index (χ0n) is 11.2. The molecule has 1 aliphatic rings. The Hall–Kier alpha value is -0.380. The summed E-state index contributed by atoms with van der Waals surface area (Å²) >= 11 is 0. The third-order valence-electron chi connectivity index (χ3n) is 3.21. The van der Waals surface area contributed by atoms with Gasteiger partial charge in [-0.2, -0.15) is 0 Å². The molecule has 0 unspecified atom stereocenters. The summed E-state index contributed by atoms with van der Waals surface area (Å²) in [5, 5.41) is 0. The van der Waals surface area contributed by atoms with Crippen molar-refractivity contribution in [1.82, 2.24) is 0 Å². The van der Waals surface area contributed by atoms with Gasteiger partial charge in [-0.1, -0.05) is 13.0 Å². The average molecular weight is 242 g/mol. The zero-order chi connectivity index (χ0) is 12.5. The van der Waals surface area contributed by atoms with Gasteiger partial charge in [-0.05, 0) is 32.1 Å². The molecular weight excluding hydrogens is 216 g/mol. The monoisotopic (exact) mass is 242 g/mol. The van der Waals surface area contributed by atoms with Gasteiger partial charge in [-0.15, -0.1) is 6.58 Å². The molecular formula is C14H26O3. The molecule has 0 bridgehead atoms. The summed E-state index contributed by atoms with van der Waals surface area (Å²) in [6.07, 6.45) is 5.47. The maximum Gasteiger partial charge on any atom is 0.0860 e. The Morgan fingerprint density at radius 1 is 1.29 bits per heavy atom. The van der Waals surface area contributed by atoms with Crippen LogP contribution in [0.25, 0.3) is 0 Å². The van der Waals surface area contributed by atoms with E-state index in [1.807, 2.05) is 0 Å². The third-order valence-corrected chi connectivity index (χ3v) is 3.21. The normalized spacial score (nSPS) is 29.2. The molecule has 1 aliphatic heterocycles. The van der Waals surface area contributed by atoms with Gasteiger partial charge in [-0.25, -0.2) is 0 Å². The van der Waals surface area contributed by atoms with E-state index in [-0.39, 0.29) is 12.2 Å². The molecule has 1 saturated heterocycles. The van der Waals surface area contributed by atoms with Gasteiger partial charge in [0.2, 0.25) is 0 Å². The van der Waals surface area contributed by atoms with Crippen LogP contribution in [0.4, 0.5) is 0 Å². The first-order valence-corrected chi connectivity index (χ1v) is 6.67. The van der Waals surface area contributed by atoms with E-state index >= 15 is 0 Å².